The fourth-order valence-electron chi connectivity index (χ4n) is 4.63. The molecule has 1 N–H and O–H groups in total. The first-order valence-corrected chi connectivity index (χ1v) is 10.5. The third-order valence-electron chi connectivity index (χ3n) is 6.44. The summed E-state index contributed by atoms with van der Waals surface area (Å²) in [6, 6.07) is 2.33. The SMILES string of the molecule is Cc1cc(=O)n(C2CCCC2)c2nc(N3CCC(C(=O)NC4CC4)C3)ncc12. The van der Waals surface area contributed by atoms with E-state index in [4.69, 9.17) is 4.98 Å². The maximum Gasteiger partial charge on any atom is 0.252 e. The molecule has 2 saturated carbocycles. The molecular weight excluding hydrogens is 354 g/mol. The van der Waals surface area contributed by atoms with Gasteiger partial charge in [-0.25, -0.2) is 4.98 Å². The second kappa shape index (κ2) is 6.87. The molecule has 1 amide bonds. The lowest BCUT2D eigenvalue weighted by atomic mass is 10.1. The van der Waals surface area contributed by atoms with E-state index in [0.717, 1.165) is 68.1 Å². The van der Waals surface area contributed by atoms with Crippen LogP contribution in [-0.2, 0) is 4.79 Å². The van der Waals surface area contributed by atoms with E-state index in [1.54, 1.807) is 6.07 Å². The van der Waals surface area contributed by atoms with Gasteiger partial charge in [0, 0.05) is 42.8 Å². The quantitative estimate of drug-likeness (QED) is 0.879. The molecule has 0 radical (unpaired) electrons. The highest BCUT2D eigenvalue weighted by molar-refractivity contribution is 5.81. The number of hydrogen-bond donors (Lipinski definition) is 1. The van der Waals surface area contributed by atoms with Crippen LogP contribution in [0.15, 0.2) is 17.1 Å². The number of anilines is 1. The fraction of sp³-hybridized carbons (Fsp3) is 0.619. The summed E-state index contributed by atoms with van der Waals surface area (Å²) in [6.45, 7) is 3.36. The molecule has 3 aliphatic rings. The van der Waals surface area contributed by atoms with E-state index < -0.39 is 0 Å². The normalized spacial score (nSPS) is 22.9. The highest BCUT2D eigenvalue weighted by Crippen LogP contribution is 2.31. The number of nitrogens with zero attached hydrogens (tertiary/aromatic N) is 4. The van der Waals surface area contributed by atoms with Crippen LogP contribution in [0.4, 0.5) is 5.95 Å². The Morgan fingerprint density at radius 1 is 1.18 bits per heavy atom. The molecule has 0 spiro atoms. The van der Waals surface area contributed by atoms with Crippen LogP contribution in [0.2, 0.25) is 0 Å². The van der Waals surface area contributed by atoms with Gasteiger partial charge >= 0.3 is 0 Å². The fourth-order valence-corrected chi connectivity index (χ4v) is 4.63. The zero-order valence-electron chi connectivity index (χ0n) is 16.4. The van der Waals surface area contributed by atoms with Crippen molar-refractivity contribution in [2.45, 2.75) is 64.0 Å². The lowest BCUT2D eigenvalue weighted by Gasteiger charge is -2.20. The summed E-state index contributed by atoms with van der Waals surface area (Å²) < 4.78 is 1.88. The molecule has 2 aromatic rings. The van der Waals surface area contributed by atoms with Crippen molar-refractivity contribution in [3.05, 3.63) is 28.2 Å². The standard InChI is InChI=1S/C21H27N5O2/c1-13-10-18(27)26(16-4-2-3-5-16)19-17(13)11-22-21(24-19)25-9-8-14(12-25)20(28)23-15-6-7-15/h10-11,14-16H,2-9,12H2,1H3,(H,23,28). The van der Waals surface area contributed by atoms with Crippen LogP contribution < -0.4 is 15.8 Å². The molecule has 3 fully saturated rings. The van der Waals surface area contributed by atoms with Gasteiger partial charge in [0.05, 0.1) is 5.92 Å². The third-order valence-corrected chi connectivity index (χ3v) is 6.44. The molecule has 28 heavy (non-hydrogen) atoms. The van der Waals surface area contributed by atoms with Gasteiger partial charge in [-0.3, -0.25) is 14.2 Å². The van der Waals surface area contributed by atoms with Gasteiger partial charge in [0.1, 0.15) is 5.65 Å². The molecule has 7 nitrogen and oxygen atoms in total. The Bertz CT molecular complexity index is 975. The van der Waals surface area contributed by atoms with Crippen molar-refractivity contribution < 1.29 is 4.79 Å². The monoisotopic (exact) mass is 381 g/mol. The molecule has 3 heterocycles. The predicted molar refractivity (Wildman–Crippen MR) is 108 cm³/mol. The van der Waals surface area contributed by atoms with E-state index in [-0.39, 0.29) is 23.4 Å². The van der Waals surface area contributed by atoms with E-state index in [1.807, 2.05) is 17.7 Å². The van der Waals surface area contributed by atoms with Crippen molar-refractivity contribution >= 4 is 22.9 Å². The van der Waals surface area contributed by atoms with Crippen LogP contribution in [0.5, 0.6) is 0 Å². The highest BCUT2D eigenvalue weighted by atomic mass is 16.2. The number of rotatable bonds is 4. The lowest BCUT2D eigenvalue weighted by Crippen LogP contribution is -2.34. The van der Waals surface area contributed by atoms with Gasteiger partial charge in [-0.2, -0.15) is 4.98 Å². The van der Waals surface area contributed by atoms with Crippen molar-refractivity contribution in [1.82, 2.24) is 19.9 Å². The van der Waals surface area contributed by atoms with Gasteiger partial charge < -0.3 is 10.2 Å². The molecular formula is C21H27N5O2. The molecule has 0 aromatic carbocycles. The maximum absolute atomic E-state index is 12.8. The van der Waals surface area contributed by atoms with Crippen LogP contribution in [0.3, 0.4) is 0 Å². The number of hydrogen-bond acceptors (Lipinski definition) is 5. The van der Waals surface area contributed by atoms with Crippen molar-refractivity contribution in [2.24, 2.45) is 5.92 Å². The summed E-state index contributed by atoms with van der Waals surface area (Å²) in [5.41, 5.74) is 1.70. The smallest absolute Gasteiger partial charge is 0.252 e. The van der Waals surface area contributed by atoms with Crippen molar-refractivity contribution in [3.63, 3.8) is 0 Å². The average molecular weight is 381 g/mol. The van der Waals surface area contributed by atoms with E-state index in [9.17, 15) is 9.59 Å². The molecule has 1 aliphatic heterocycles. The van der Waals surface area contributed by atoms with E-state index in [2.05, 4.69) is 15.2 Å². The lowest BCUT2D eigenvalue weighted by molar-refractivity contribution is -0.124. The van der Waals surface area contributed by atoms with Gasteiger partial charge in [0.2, 0.25) is 11.9 Å². The third kappa shape index (κ3) is 3.16. The molecule has 1 saturated heterocycles. The molecule has 1 atom stereocenters. The second-order valence-corrected chi connectivity index (χ2v) is 8.60. The van der Waals surface area contributed by atoms with Gasteiger partial charge in [-0.1, -0.05) is 12.8 Å². The summed E-state index contributed by atoms with van der Waals surface area (Å²) in [5, 5.41) is 4.05. The summed E-state index contributed by atoms with van der Waals surface area (Å²) in [4.78, 5) is 36.6. The predicted octanol–water partition coefficient (Wildman–Crippen LogP) is 2.32. The van der Waals surface area contributed by atoms with E-state index in [0.29, 0.717) is 18.5 Å². The maximum atomic E-state index is 12.8. The Hall–Kier alpha value is -2.44. The van der Waals surface area contributed by atoms with Crippen molar-refractivity contribution in [2.75, 3.05) is 18.0 Å². The Morgan fingerprint density at radius 2 is 1.96 bits per heavy atom. The number of aromatic nitrogens is 3. The minimum atomic E-state index is -0.00516. The van der Waals surface area contributed by atoms with Gasteiger partial charge in [0.15, 0.2) is 0 Å². The molecule has 5 rings (SSSR count). The second-order valence-electron chi connectivity index (χ2n) is 8.60. The largest absolute Gasteiger partial charge is 0.353 e. The number of pyridine rings is 1. The summed E-state index contributed by atoms with van der Waals surface area (Å²) in [6.07, 6.45) is 9.26. The van der Waals surface area contributed by atoms with Crippen LogP contribution in [-0.4, -0.2) is 39.6 Å². The molecule has 7 heteroatoms. The molecule has 2 aromatic heterocycles. The summed E-state index contributed by atoms with van der Waals surface area (Å²) >= 11 is 0. The minimum absolute atomic E-state index is 0.00516. The Balaban J connectivity index is 1.46. The number of nitrogens with one attached hydrogen (secondary N) is 1. The number of aryl methyl sites for hydroxylation is 1. The van der Waals surface area contributed by atoms with Gasteiger partial charge in [-0.15, -0.1) is 0 Å². The first-order valence-electron chi connectivity index (χ1n) is 10.5. The average Bonchev–Trinajstić information content (AvgIpc) is 3.14. The van der Waals surface area contributed by atoms with Gasteiger partial charge in [0.25, 0.3) is 5.56 Å². The Labute approximate surface area is 164 Å². The zero-order chi connectivity index (χ0) is 19.3. The van der Waals surface area contributed by atoms with Crippen molar-refractivity contribution in [3.8, 4) is 0 Å². The number of amides is 1. The summed E-state index contributed by atoms with van der Waals surface area (Å²) in [7, 11) is 0. The van der Waals surface area contributed by atoms with Crippen LogP contribution in [0.25, 0.3) is 11.0 Å². The van der Waals surface area contributed by atoms with E-state index in [1.165, 1.54) is 0 Å². The molecule has 2 aliphatic carbocycles. The van der Waals surface area contributed by atoms with Crippen LogP contribution in [0.1, 0.15) is 56.6 Å². The first-order chi connectivity index (χ1) is 13.6. The van der Waals surface area contributed by atoms with Crippen LogP contribution in [0, 0.1) is 12.8 Å². The van der Waals surface area contributed by atoms with Crippen molar-refractivity contribution in [1.29, 1.82) is 0 Å². The molecule has 0 bridgehead atoms. The number of carbonyl (C=O) groups excluding carboxylic acids is 1. The zero-order valence-corrected chi connectivity index (χ0v) is 16.4. The van der Waals surface area contributed by atoms with Crippen LogP contribution >= 0.6 is 0 Å². The number of carbonyl (C=O) groups is 1. The molecule has 148 valence electrons. The van der Waals surface area contributed by atoms with Gasteiger partial charge in [-0.05, 0) is 44.6 Å². The Morgan fingerprint density at radius 3 is 2.71 bits per heavy atom. The minimum Gasteiger partial charge on any atom is -0.353 e. The Kier molecular flexibility index (Phi) is 4.33. The summed E-state index contributed by atoms with van der Waals surface area (Å²) in [5.74, 6) is 0.782. The number of fused-ring (bicyclic) bond motifs is 1. The topological polar surface area (TPSA) is 80.1 Å². The highest BCUT2D eigenvalue weighted by Gasteiger charge is 2.33. The first kappa shape index (κ1) is 17.6. The van der Waals surface area contributed by atoms with E-state index >= 15 is 0 Å². The molecule has 1 unspecified atom stereocenters.